The predicted molar refractivity (Wildman–Crippen MR) is 83.8 cm³/mol. The lowest BCUT2D eigenvalue weighted by atomic mass is 9.98. The van der Waals surface area contributed by atoms with Gasteiger partial charge >= 0.3 is 6.18 Å². The predicted octanol–water partition coefficient (Wildman–Crippen LogP) is 4.09. The van der Waals surface area contributed by atoms with Gasteiger partial charge in [-0.1, -0.05) is 6.08 Å². The molecule has 1 aromatic rings. The second kappa shape index (κ2) is 6.61. The fraction of sp³-hybridized carbons (Fsp3) is 0.588. The van der Waals surface area contributed by atoms with Crippen molar-refractivity contribution < 1.29 is 18.3 Å². The Balaban J connectivity index is 2.35. The number of nitrogens with one attached hydrogen (secondary N) is 1. The molecule has 0 fully saturated rings. The zero-order chi connectivity index (χ0) is 17.3. The van der Waals surface area contributed by atoms with Gasteiger partial charge in [-0.15, -0.1) is 0 Å². The summed E-state index contributed by atoms with van der Waals surface area (Å²) in [6.07, 6.45) is -0.0285. The maximum absolute atomic E-state index is 13.0. The van der Waals surface area contributed by atoms with Crippen molar-refractivity contribution in [2.75, 3.05) is 6.54 Å². The van der Waals surface area contributed by atoms with E-state index in [1.165, 1.54) is 0 Å². The molecule has 6 heteroatoms. The Kier molecular flexibility index (Phi) is 5.16. The van der Waals surface area contributed by atoms with Crippen LogP contribution < -0.4 is 5.32 Å². The van der Waals surface area contributed by atoms with Gasteiger partial charge in [-0.2, -0.15) is 13.2 Å². The van der Waals surface area contributed by atoms with Crippen LogP contribution in [0.4, 0.5) is 13.2 Å². The van der Waals surface area contributed by atoms with Gasteiger partial charge in [0.2, 0.25) is 0 Å². The van der Waals surface area contributed by atoms with E-state index in [0.29, 0.717) is 5.69 Å². The average Bonchev–Trinajstić information content (AvgIpc) is 2.96. The third kappa shape index (κ3) is 4.78. The summed E-state index contributed by atoms with van der Waals surface area (Å²) in [6, 6.07) is 1.02. The van der Waals surface area contributed by atoms with E-state index in [2.05, 4.69) is 10.3 Å². The van der Waals surface area contributed by atoms with Crippen molar-refractivity contribution in [3.05, 3.63) is 35.2 Å². The van der Waals surface area contributed by atoms with Gasteiger partial charge in [0.25, 0.3) is 0 Å². The maximum atomic E-state index is 13.0. The monoisotopic (exact) mass is 328 g/mol. The molecule has 3 nitrogen and oxygen atoms in total. The van der Waals surface area contributed by atoms with Crippen LogP contribution in [0.3, 0.4) is 0 Å². The van der Waals surface area contributed by atoms with E-state index < -0.39 is 17.8 Å². The zero-order valence-electron chi connectivity index (χ0n) is 13.7. The van der Waals surface area contributed by atoms with E-state index >= 15 is 0 Å². The molecular weight excluding hydrogens is 305 g/mol. The van der Waals surface area contributed by atoms with Crippen molar-refractivity contribution in [2.45, 2.75) is 57.9 Å². The lowest BCUT2D eigenvalue weighted by Gasteiger charge is -2.24. The molecule has 1 atom stereocenters. The lowest BCUT2D eigenvalue weighted by Crippen LogP contribution is -2.38. The summed E-state index contributed by atoms with van der Waals surface area (Å²) in [6.45, 7) is 5.98. The summed E-state index contributed by atoms with van der Waals surface area (Å²) in [5.41, 5.74) is 0.583. The highest BCUT2D eigenvalue weighted by Gasteiger charge is 2.33. The number of hydrogen-bond donors (Lipinski definition) is 2. The molecule has 2 N–H and O–H groups in total. The maximum Gasteiger partial charge on any atom is 0.417 e. The molecule has 0 aliphatic heterocycles. The third-order valence-corrected chi connectivity index (χ3v) is 3.77. The normalized spacial score (nSPS) is 17.3. The van der Waals surface area contributed by atoms with E-state index in [9.17, 15) is 18.3 Å². The largest absolute Gasteiger partial charge is 0.417 e. The number of aliphatic hydroxyl groups is 1. The summed E-state index contributed by atoms with van der Waals surface area (Å²) in [4.78, 5) is 4.02. The zero-order valence-corrected chi connectivity index (χ0v) is 13.7. The quantitative estimate of drug-likeness (QED) is 0.875. The number of hydrogen-bond acceptors (Lipinski definition) is 3. The Morgan fingerprint density at radius 3 is 2.52 bits per heavy atom. The molecule has 23 heavy (non-hydrogen) atoms. The first-order chi connectivity index (χ1) is 10.6. The first-order valence-corrected chi connectivity index (χ1v) is 7.77. The van der Waals surface area contributed by atoms with Gasteiger partial charge in [-0.25, -0.2) is 0 Å². The molecule has 0 amide bonds. The third-order valence-electron chi connectivity index (χ3n) is 3.77. The van der Waals surface area contributed by atoms with Crippen LogP contribution in [0.2, 0.25) is 0 Å². The number of aromatic nitrogens is 1. The van der Waals surface area contributed by atoms with Crippen LogP contribution in [0.15, 0.2) is 18.3 Å². The average molecular weight is 328 g/mol. The second-order valence-corrected chi connectivity index (χ2v) is 6.93. The molecule has 1 aromatic heterocycles. The van der Waals surface area contributed by atoms with Crippen molar-refractivity contribution in [3.8, 4) is 0 Å². The van der Waals surface area contributed by atoms with E-state index in [1.807, 2.05) is 26.8 Å². The number of halogens is 3. The molecule has 0 saturated heterocycles. The first kappa shape index (κ1) is 17.9. The molecule has 0 bridgehead atoms. The number of rotatable bonds is 4. The van der Waals surface area contributed by atoms with Crippen LogP contribution in [-0.4, -0.2) is 22.2 Å². The van der Waals surface area contributed by atoms with Gasteiger partial charge in [0.05, 0.1) is 17.4 Å². The Morgan fingerprint density at radius 1 is 1.30 bits per heavy atom. The molecule has 0 saturated carbocycles. The molecule has 0 spiro atoms. The minimum absolute atomic E-state index is 0.173. The summed E-state index contributed by atoms with van der Waals surface area (Å²) in [5, 5.41) is 13.5. The Hall–Kier alpha value is -1.40. The van der Waals surface area contributed by atoms with Gasteiger partial charge in [-0.3, -0.25) is 4.98 Å². The van der Waals surface area contributed by atoms with E-state index in [0.717, 1.165) is 37.1 Å². The number of aliphatic hydroxyl groups excluding tert-OH is 1. The molecule has 1 heterocycles. The Labute approximate surface area is 134 Å². The first-order valence-electron chi connectivity index (χ1n) is 7.77. The second-order valence-electron chi connectivity index (χ2n) is 6.93. The Morgan fingerprint density at radius 2 is 2.00 bits per heavy atom. The van der Waals surface area contributed by atoms with Crippen molar-refractivity contribution in [2.24, 2.45) is 0 Å². The molecule has 0 radical (unpaired) electrons. The molecule has 128 valence electrons. The molecule has 0 unspecified atom stereocenters. The topological polar surface area (TPSA) is 45.1 Å². The minimum Gasteiger partial charge on any atom is -0.387 e. The van der Waals surface area contributed by atoms with Crippen LogP contribution in [0.5, 0.6) is 0 Å². The van der Waals surface area contributed by atoms with Gasteiger partial charge in [0, 0.05) is 23.8 Å². The van der Waals surface area contributed by atoms with Crippen molar-refractivity contribution >= 4 is 5.57 Å². The van der Waals surface area contributed by atoms with Crippen molar-refractivity contribution in [1.29, 1.82) is 0 Å². The van der Waals surface area contributed by atoms with Crippen LogP contribution in [0.1, 0.15) is 63.0 Å². The minimum atomic E-state index is -4.47. The van der Waals surface area contributed by atoms with Crippen LogP contribution in [-0.2, 0) is 6.18 Å². The van der Waals surface area contributed by atoms with Gasteiger partial charge < -0.3 is 10.4 Å². The fourth-order valence-electron chi connectivity index (χ4n) is 2.56. The highest BCUT2D eigenvalue weighted by molar-refractivity contribution is 5.67. The fourth-order valence-corrected chi connectivity index (χ4v) is 2.56. The molecule has 1 aliphatic rings. The standard InChI is InChI=1S/C17H23F3N2O/c1-16(2,3)22-10-14(23)13-8-12(17(18,19)20)9-21-15(13)11-6-4-5-7-11/h6,8-9,14,22-23H,4-5,7,10H2,1-3H3/t14-/m0/s1. The van der Waals surface area contributed by atoms with Gasteiger partial charge in [0.15, 0.2) is 0 Å². The van der Waals surface area contributed by atoms with Crippen molar-refractivity contribution in [1.82, 2.24) is 10.3 Å². The summed E-state index contributed by atoms with van der Waals surface area (Å²) < 4.78 is 38.9. The summed E-state index contributed by atoms with van der Waals surface area (Å²) in [5.74, 6) is 0. The van der Waals surface area contributed by atoms with E-state index in [-0.39, 0.29) is 17.6 Å². The summed E-state index contributed by atoms with van der Waals surface area (Å²) in [7, 11) is 0. The highest BCUT2D eigenvalue weighted by atomic mass is 19.4. The number of pyridine rings is 1. The lowest BCUT2D eigenvalue weighted by molar-refractivity contribution is -0.137. The number of nitrogens with zero attached hydrogens (tertiary/aromatic N) is 1. The van der Waals surface area contributed by atoms with Gasteiger partial charge in [-0.05, 0) is 51.7 Å². The van der Waals surface area contributed by atoms with Crippen LogP contribution in [0, 0.1) is 0 Å². The van der Waals surface area contributed by atoms with E-state index in [4.69, 9.17) is 0 Å². The van der Waals surface area contributed by atoms with Crippen molar-refractivity contribution in [3.63, 3.8) is 0 Å². The number of alkyl halides is 3. The number of β-amino-alcohol motifs (C(OH)–C–C–N with tert-alkyl or cyclic N) is 1. The van der Waals surface area contributed by atoms with E-state index in [1.54, 1.807) is 0 Å². The molecule has 0 aromatic carbocycles. The SMILES string of the molecule is CC(C)(C)NC[C@H](O)c1cc(C(F)(F)F)cnc1C1=CCCC1. The number of allylic oxidation sites excluding steroid dienone is 2. The summed E-state index contributed by atoms with van der Waals surface area (Å²) >= 11 is 0. The molecule has 2 rings (SSSR count). The smallest absolute Gasteiger partial charge is 0.387 e. The van der Waals surface area contributed by atoms with Crippen LogP contribution >= 0.6 is 0 Å². The highest BCUT2D eigenvalue weighted by Crippen LogP contribution is 2.35. The Bertz CT molecular complexity index is 588. The van der Waals surface area contributed by atoms with Crippen LogP contribution in [0.25, 0.3) is 5.57 Å². The molecule has 1 aliphatic carbocycles. The van der Waals surface area contributed by atoms with Gasteiger partial charge in [0.1, 0.15) is 0 Å². The molecular formula is C17H23F3N2O.